The highest BCUT2D eigenvalue weighted by molar-refractivity contribution is 7.18. The van der Waals surface area contributed by atoms with Crippen molar-refractivity contribution in [1.82, 2.24) is 10.3 Å². The van der Waals surface area contributed by atoms with Crippen LogP contribution >= 0.6 is 11.3 Å². The van der Waals surface area contributed by atoms with Crippen molar-refractivity contribution in [3.63, 3.8) is 0 Å². The van der Waals surface area contributed by atoms with Crippen LogP contribution in [0.1, 0.15) is 30.0 Å². The Balaban J connectivity index is 1.71. The maximum absolute atomic E-state index is 13.0. The molecule has 1 atom stereocenters. The first-order valence-corrected chi connectivity index (χ1v) is 7.91. The molecule has 0 amide bonds. The highest BCUT2D eigenvalue weighted by atomic mass is 32.1. The molecule has 0 aliphatic rings. The van der Waals surface area contributed by atoms with Crippen LogP contribution in [0.15, 0.2) is 48.5 Å². The zero-order valence-electron chi connectivity index (χ0n) is 11.8. The van der Waals surface area contributed by atoms with Crippen molar-refractivity contribution < 1.29 is 4.39 Å². The molecule has 0 radical (unpaired) electrons. The third-order valence-electron chi connectivity index (χ3n) is 3.52. The molecule has 0 spiro atoms. The number of nitrogens with one attached hydrogen (secondary N) is 1. The van der Waals surface area contributed by atoms with Gasteiger partial charge >= 0.3 is 0 Å². The largest absolute Gasteiger partial charge is 0.304 e. The summed E-state index contributed by atoms with van der Waals surface area (Å²) < 4.78 is 14.2. The van der Waals surface area contributed by atoms with Gasteiger partial charge in [0.1, 0.15) is 10.8 Å². The van der Waals surface area contributed by atoms with Crippen LogP contribution in [-0.2, 0) is 6.54 Å². The number of benzene rings is 2. The van der Waals surface area contributed by atoms with E-state index in [9.17, 15) is 4.39 Å². The van der Waals surface area contributed by atoms with Gasteiger partial charge in [0.15, 0.2) is 0 Å². The standard InChI is InChI=1S/C17H17FN2S/c1-2-14(12-7-9-13(18)10-8-12)19-11-17-20-15-5-3-4-6-16(15)21-17/h3-10,14,19H,2,11H2,1H3. The fraction of sp³-hybridized carbons (Fsp3) is 0.235. The second kappa shape index (κ2) is 6.33. The molecule has 108 valence electrons. The van der Waals surface area contributed by atoms with E-state index < -0.39 is 0 Å². The molecular formula is C17H17FN2S. The summed E-state index contributed by atoms with van der Waals surface area (Å²) in [5.41, 5.74) is 2.16. The normalized spacial score (nSPS) is 12.7. The summed E-state index contributed by atoms with van der Waals surface area (Å²) in [6.07, 6.45) is 0.955. The molecule has 1 aromatic heterocycles. The van der Waals surface area contributed by atoms with Gasteiger partial charge in [0.2, 0.25) is 0 Å². The molecule has 0 aliphatic heterocycles. The molecule has 0 saturated heterocycles. The van der Waals surface area contributed by atoms with Crippen molar-refractivity contribution in [2.24, 2.45) is 0 Å². The van der Waals surface area contributed by atoms with Crippen LogP contribution in [-0.4, -0.2) is 4.98 Å². The minimum atomic E-state index is -0.195. The molecule has 3 aromatic rings. The van der Waals surface area contributed by atoms with Crippen LogP contribution in [0.5, 0.6) is 0 Å². The van der Waals surface area contributed by atoms with Gasteiger partial charge in [-0.2, -0.15) is 0 Å². The third kappa shape index (κ3) is 3.28. The van der Waals surface area contributed by atoms with Gasteiger partial charge < -0.3 is 5.32 Å². The lowest BCUT2D eigenvalue weighted by Crippen LogP contribution is -2.20. The fourth-order valence-electron chi connectivity index (χ4n) is 2.40. The molecule has 0 fully saturated rings. The number of halogens is 1. The maximum atomic E-state index is 13.0. The molecular weight excluding hydrogens is 283 g/mol. The lowest BCUT2D eigenvalue weighted by molar-refractivity contribution is 0.517. The smallest absolute Gasteiger partial charge is 0.123 e. The van der Waals surface area contributed by atoms with E-state index in [1.165, 1.54) is 16.8 Å². The molecule has 0 bridgehead atoms. The number of hydrogen-bond acceptors (Lipinski definition) is 3. The molecule has 0 saturated carbocycles. The van der Waals surface area contributed by atoms with Gasteiger partial charge in [-0.15, -0.1) is 11.3 Å². The van der Waals surface area contributed by atoms with Crippen LogP contribution in [0.4, 0.5) is 4.39 Å². The lowest BCUT2D eigenvalue weighted by Gasteiger charge is -2.16. The molecule has 0 aliphatic carbocycles. The molecule has 4 heteroatoms. The highest BCUT2D eigenvalue weighted by Gasteiger charge is 2.10. The number of para-hydroxylation sites is 1. The molecule has 3 rings (SSSR count). The van der Waals surface area contributed by atoms with Crippen molar-refractivity contribution in [3.05, 3.63) is 64.9 Å². The second-order valence-corrected chi connectivity index (χ2v) is 6.08. The Morgan fingerprint density at radius 2 is 1.90 bits per heavy atom. The van der Waals surface area contributed by atoms with Gasteiger partial charge in [-0.25, -0.2) is 9.37 Å². The molecule has 2 nitrogen and oxygen atoms in total. The van der Waals surface area contributed by atoms with Gasteiger partial charge in [0.25, 0.3) is 0 Å². The molecule has 1 heterocycles. The van der Waals surface area contributed by atoms with Crippen LogP contribution < -0.4 is 5.32 Å². The topological polar surface area (TPSA) is 24.9 Å². The van der Waals surface area contributed by atoms with Crippen molar-refractivity contribution in [2.45, 2.75) is 25.9 Å². The Labute approximate surface area is 127 Å². The first-order chi connectivity index (χ1) is 10.3. The Hall–Kier alpha value is -1.78. The van der Waals surface area contributed by atoms with Crippen LogP contribution in [0.2, 0.25) is 0 Å². The van der Waals surface area contributed by atoms with E-state index in [0.717, 1.165) is 29.1 Å². The maximum Gasteiger partial charge on any atom is 0.123 e. The lowest BCUT2D eigenvalue weighted by atomic mass is 10.0. The monoisotopic (exact) mass is 300 g/mol. The van der Waals surface area contributed by atoms with Crippen LogP contribution in [0.3, 0.4) is 0 Å². The van der Waals surface area contributed by atoms with E-state index >= 15 is 0 Å². The van der Waals surface area contributed by atoms with E-state index in [-0.39, 0.29) is 11.9 Å². The van der Waals surface area contributed by atoms with E-state index in [2.05, 4.69) is 23.3 Å². The number of aromatic nitrogens is 1. The zero-order valence-corrected chi connectivity index (χ0v) is 12.7. The summed E-state index contributed by atoms with van der Waals surface area (Å²) in [5.74, 6) is -0.195. The third-order valence-corrected chi connectivity index (χ3v) is 4.55. The molecule has 2 aromatic carbocycles. The van der Waals surface area contributed by atoms with Gasteiger partial charge in [0, 0.05) is 12.6 Å². The van der Waals surface area contributed by atoms with E-state index in [1.807, 2.05) is 30.3 Å². The Kier molecular flexibility index (Phi) is 4.27. The Bertz CT molecular complexity index is 688. The summed E-state index contributed by atoms with van der Waals surface area (Å²) in [4.78, 5) is 4.62. The average molecular weight is 300 g/mol. The van der Waals surface area contributed by atoms with Gasteiger partial charge in [-0.1, -0.05) is 31.2 Å². The highest BCUT2D eigenvalue weighted by Crippen LogP contribution is 2.23. The SMILES string of the molecule is CCC(NCc1nc2ccccc2s1)c1ccc(F)cc1. The minimum Gasteiger partial charge on any atom is -0.304 e. The van der Waals surface area contributed by atoms with Crippen molar-refractivity contribution in [2.75, 3.05) is 0 Å². The van der Waals surface area contributed by atoms with Crippen LogP contribution in [0, 0.1) is 5.82 Å². The van der Waals surface area contributed by atoms with Gasteiger partial charge in [0.05, 0.1) is 10.2 Å². The first-order valence-electron chi connectivity index (χ1n) is 7.09. The number of nitrogens with zero attached hydrogens (tertiary/aromatic N) is 1. The summed E-state index contributed by atoms with van der Waals surface area (Å²) in [5, 5.41) is 4.59. The van der Waals surface area contributed by atoms with Crippen molar-refractivity contribution >= 4 is 21.6 Å². The molecule has 1 unspecified atom stereocenters. The fourth-order valence-corrected chi connectivity index (χ4v) is 3.32. The van der Waals surface area contributed by atoms with Crippen LogP contribution in [0.25, 0.3) is 10.2 Å². The number of hydrogen-bond donors (Lipinski definition) is 1. The molecule has 21 heavy (non-hydrogen) atoms. The average Bonchev–Trinajstić information content (AvgIpc) is 2.92. The Morgan fingerprint density at radius 3 is 2.62 bits per heavy atom. The summed E-state index contributed by atoms with van der Waals surface area (Å²) in [7, 11) is 0. The second-order valence-electron chi connectivity index (χ2n) is 4.97. The van der Waals surface area contributed by atoms with Gasteiger partial charge in [-0.05, 0) is 36.2 Å². The first kappa shape index (κ1) is 14.2. The van der Waals surface area contributed by atoms with Gasteiger partial charge in [-0.3, -0.25) is 0 Å². The van der Waals surface area contributed by atoms with Crippen molar-refractivity contribution in [1.29, 1.82) is 0 Å². The quantitative estimate of drug-likeness (QED) is 0.740. The molecule has 1 N–H and O–H groups in total. The number of thiazole rings is 1. The minimum absolute atomic E-state index is 0.195. The predicted octanol–water partition coefficient (Wildman–Crippen LogP) is 4.68. The summed E-state index contributed by atoms with van der Waals surface area (Å²) in [6.45, 7) is 2.86. The Morgan fingerprint density at radius 1 is 1.14 bits per heavy atom. The number of rotatable bonds is 5. The van der Waals surface area contributed by atoms with Crippen molar-refractivity contribution in [3.8, 4) is 0 Å². The number of fused-ring (bicyclic) bond motifs is 1. The summed E-state index contributed by atoms with van der Waals surface area (Å²) >= 11 is 1.71. The van der Waals surface area contributed by atoms with E-state index in [1.54, 1.807) is 11.3 Å². The van der Waals surface area contributed by atoms with E-state index in [0.29, 0.717) is 0 Å². The summed E-state index contributed by atoms with van der Waals surface area (Å²) in [6, 6.07) is 15.1. The van der Waals surface area contributed by atoms with E-state index in [4.69, 9.17) is 0 Å². The predicted molar refractivity (Wildman–Crippen MR) is 85.9 cm³/mol. The zero-order chi connectivity index (χ0) is 14.7.